The molecular formula is C13H19BrN2. The highest BCUT2D eigenvalue weighted by Gasteiger charge is 2.17. The van der Waals surface area contributed by atoms with Crippen molar-refractivity contribution in [1.82, 2.24) is 4.98 Å². The SMILES string of the molecule is Cc1cc(N(C)CCC2CCC2)ncc1Br. The molecule has 0 radical (unpaired) electrons. The zero-order valence-electron chi connectivity index (χ0n) is 10.0. The molecule has 0 aliphatic heterocycles. The lowest BCUT2D eigenvalue weighted by molar-refractivity contribution is 0.299. The Morgan fingerprint density at radius 3 is 2.81 bits per heavy atom. The molecule has 0 atom stereocenters. The van der Waals surface area contributed by atoms with E-state index in [1.165, 1.54) is 31.2 Å². The fourth-order valence-corrected chi connectivity index (χ4v) is 2.22. The second kappa shape index (κ2) is 5.17. The number of nitrogens with zero attached hydrogens (tertiary/aromatic N) is 2. The van der Waals surface area contributed by atoms with Crippen LogP contribution in [0, 0.1) is 12.8 Å². The Labute approximate surface area is 106 Å². The summed E-state index contributed by atoms with van der Waals surface area (Å²) in [7, 11) is 2.13. The van der Waals surface area contributed by atoms with Gasteiger partial charge in [-0.15, -0.1) is 0 Å². The Kier molecular flexibility index (Phi) is 3.85. The maximum absolute atomic E-state index is 4.44. The molecule has 0 aromatic carbocycles. The van der Waals surface area contributed by atoms with Gasteiger partial charge in [0.1, 0.15) is 5.82 Å². The Balaban J connectivity index is 1.91. The number of pyridine rings is 1. The number of anilines is 1. The summed E-state index contributed by atoms with van der Waals surface area (Å²) >= 11 is 3.48. The molecule has 0 N–H and O–H groups in total. The lowest BCUT2D eigenvalue weighted by Crippen LogP contribution is -2.24. The lowest BCUT2D eigenvalue weighted by Gasteiger charge is -2.28. The summed E-state index contributed by atoms with van der Waals surface area (Å²) in [6, 6.07) is 2.14. The second-order valence-electron chi connectivity index (χ2n) is 4.80. The number of rotatable bonds is 4. The number of halogens is 1. The van der Waals surface area contributed by atoms with Gasteiger partial charge in [0.15, 0.2) is 0 Å². The highest BCUT2D eigenvalue weighted by Crippen LogP contribution is 2.29. The van der Waals surface area contributed by atoms with E-state index < -0.39 is 0 Å². The van der Waals surface area contributed by atoms with Gasteiger partial charge in [-0.2, -0.15) is 0 Å². The first-order valence-electron chi connectivity index (χ1n) is 6.00. The van der Waals surface area contributed by atoms with E-state index in [1.54, 1.807) is 0 Å². The van der Waals surface area contributed by atoms with Gasteiger partial charge in [-0.05, 0) is 46.8 Å². The number of hydrogen-bond donors (Lipinski definition) is 0. The van der Waals surface area contributed by atoms with Crippen molar-refractivity contribution in [2.75, 3.05) is 18.5 Å². The van der Waals surface area contributed by atoms with Crippen molar-refractivity contribution < 1.29 is 0 Å². The summed E-state index contributed by atoms with van der Waals surface area (Å²) in [5.41, 5.74) is 1.25. The van der Waals surface area contributed by atoms with Gasteiger partial charge in [0.2, 0.25) is 0 Å². The lowest BCUT2D eigenvalue weighted by atomic mass is 9.83. The molecule has 1 aliphatic carbocycles. The van der Waals surface area contributed by atoms with Gasteiger partial charge in [-0.25, -0.2) is 4.98 Å². The van der Waals surface area contributed by atoms with Crippen LogP contribution in [0.5, 0.6) is 0 Å². The molecule has 2 nitrogen and oxygen atoms in total. The summed E-state index contributed by atoms with van der Waals surface area (Å²) in [6.07, 6.45) is 7.50. The molecule has 0 saturated heterocycles. The van der Waals surface area contributed by atoms with Crippen LogP contribution in [0.15, 0.2) is 16.7 Å². The van der Waals surface area contributed by atoms with Gasteiger partial charge >= 0.3 is 0 Å². The van der Waals surface area contributed by atoms with E-state index in [1.807, 2.05) is 6.20 Å². The molecule has 1 aliphatic rings. The van der Waals surface area contributed by atoms with E-state index >= 15 is 0 Å². The van der Waals surface area contributed by atoms with Gasteiger partial charge in [-0.3, -0.25) is 0 Å². The van der Waals surface area contributed by atoms with Crippen molar-refractivity contribution in [1.29, 1.82) is 0 Å². The molecule has 0 spiro atoms. The van der Waals surface area contributed by atoms with Crippen LogP contribution in [-0.2, 0) is 0 Å². The third-order valence-corrected chi connectivity index (χ3v) is 4.35. The summed E-state index contributed by atoms with van der Waals surface area (Å²) in [4.78, 5) is 6.70. The van der Waals surface area contributed by atoms with Gasteiger partial charge in [0, 0.05) is 24.3 Å². The van der Waals surface area contributed by atoms with Crippen molar-refractivity contribution in [3.8, 4) is 0 Å². The average molecular weight is 283 g/mol. The molecule has 0 amide bonds. The van der Waals surface area contributed by atoms with Gasteiger partial charge in [-0.1, -0.05) is 19.3 Å². The molecule has 88 valence electrons. The fourth-order valence-electron chi connectivity index (χ4n) is 2.01. The molecule has 1 fully saturated rings. The summed E-state index contributed by atoms with van der Waals surface area (Å²) in [6.45, 7) is 3.23. The predicted molar refractivity (Wildman–Crippen MR) is 71.9 cm³/mol. The van der Waals surface area contributed by atoms with Crippen molar-refractivity contribution >= 4 is 21.7 Å². The molecule has 2 rings (SSSR count). The molecule has 1 saturated carbocycles. The minimum atomic E-state index is 0.971. The van der Waals surface area contributed by atoms with E-state index in [-0.39, 0.29) is 0 Å². The third-order valence-electron chi connectivity index (χ3n) is 3.52. The van der Waals surface area contributed by atoms with E-state index in [0.717, 1.165) is 22.8 Å². The van der Waals surface area contributed by atoms with E-state index in [9.17, 15) is 0 Å². The maximum atomic E-state index is 4.44. The molecule has 1 heterocycles. The first-order chi connectivity index (χ1) is 7.66. The molecule has 0 unspecified atom stereocenters. The zero-order chi connectivity index (χ0) is 11.5. The molecular weight excluding hydrogens is 264 g/mol. The highest BCUT2D eigenvalue weighted by molar-refractivity contribution is 9.10. The molecule has 1 aromatic rings. The van der Waals surface area contributed by atoms with Crippen molar-refractivity contribution in [3.63, 3.8) is 0 Å². The Morgan fingerprint density at radius 1 is 1.50 bits per heavy atom. The van der Waals surface area contributed by atoms with Gasteiger partial charge in [0.25, 0.3) is 0 Å². The standard InChI is InChI=1S/C13H19BrN2/c1-10-8-13(15-9-12(10)14)16(2)7-6-11-4-3-5-11/h8-9,11H,3-7H2,1-2H3. The first kappa shape index (κ1) is 11.9. The average Bonchev–Trinajstić information content (AvgIpc) is 2.19. The number of aromatic nitrogens is 1. The molecule has 3 heteroatoms. The van der Waals surface area contributed by atoms with E-state index in [0.29, 0.717) is 0 Å². The monoisotopic (exact) mass is 282 g/mol. The van der Waals surface area contributed by atoms with Crippen LogP contribution in [0.3, 0.4) is 0 Å². The van der Waals surface area contributed by atoms with Crippen LogP contribution in [0.25, 0.3) is 0 Å². The minimum Gasteiger partial charge on any atom is -0.360 e. The van der Waals surface area contributed by atoms with E-state index in [2.05, 4.69) is 45.9 Å². The largest absolute Gasteiger partial charge is 0.360 e. The normalized spacial score (nSPS) is 15.9. The van der Waals surface area contributed by atoms with Crippen LogP contribution in [0.1, 0.15) is 31.2 Å². The summed E-state index contributed by atoms with van der Waals surface area (Å²) in [5, 5.41) is 0. The third kappa shape index (κ3) is 2.76. The molecule has 1 aromatic heterocycles. The van der Waals surface area contributed by atoms with Crippen molar-refractivity contribution in [2.24, 2.45) is 5.92 Å². The minimum absolute atomic E-state index is 0.971. The van der Waals surface area contributed by atoms with Gasteiger partial charge in [0.05, 0.1) is 0 Å². The quantitative estimate of drug-likeness (QED) is 0.836. The molecule has 0 bridgehead atoms. The Morgan fingerprint density at radius 2 is 2.25 bits per heavy atom. The van der Waals surface area contributed by atoms with E-state index in [4.69, 9.17) is 0 Å². The first-order valence-corrected chi connectivity index (χ1v) is 6.79. The van der Waals surface area contributed by atoms with Crippen LogP contribution >= 0.6 is 15.9 Å². The zero-order valence-corrected chi connectivity index (χ0v) is 11.6. The van der Waals surface area contributed by atoms with Gasteiger partial charge < -0.3 is 4.90 Å². The smallest absolute Gasteiger partial charge is 0.128 e. The topological polar surface area (TPSA) is 16.1 Å². The maximum Gasteiger partial charge on any atom is 0.128 e. The second-order valence-corrected chi connectivity index (χ2v) is 5.65. The fraction of sp³-hybridized carbons (Fsp3) is 0.615. The van der Waals surface area contributed by atoms with Crippen LogP contribution < -0.4 is 4.90 Å². The summed E-state index contributed by atoms with van der Waals surface area (Å²) in [5.74, 6) is 2.05. The molecule has 16 heavy (non-hydrogen) atoms. The Bertz CT molecular complexity index is 361. The predicted octanol–water partition coefficient (Wildman–Crippen LogP) is 3.78. The highest BCUT2D eigenvalue weighted by atomic mass is 79.9. The Hall–Kier alpha value is -0.570. The van der Waals surface area contributed by atoms with Crippen LogP contribution in [0.4, 0.5) is 5.82 Å². The van der Waals surface area contributed by atoms with Crippen LogP contribution in [-0.4, -0.2) is 18.6 Å². The number of aryl methyl sites for hydroxylation is 1. The van der Waals surface area contributed by atoms with Crippen LogP contribution in [0.2, 0.25) is 0 Å². The number of hydrogen-bond acceptors (Lipinski definition) is 2. The summed E-state index contributed by atoms with van der Waals surface area (Å²) < 4.78 is 1.09. The van der Waals surface area contributed by atoms with Crippen molar-refractivity contribution in [2.45, 2.75) is 32.6 Å². The van der Waals surface area contributed by atoms with Crippen molar-refractivity contribution in [3.05, 3.63) is 22.3 Å².